The van der Waals surface area contributed by atoms with Gasteiger partial charge in [0.25, 0.3) is 0 Å². The van der Waals surface area contributed by atoms with Gasteiger partial charge < -0.3 is 24.4 Å². The fourth-order valence-corrected chi connectivity index (χ4v) is 5.59. The molecule has 3 fully saturated rings. The van der Waals surface area contributed by atoms with Crippen LogP contribution in [0.3, 0.4) is 0 Å². The quantitative estimate of drug-likeness (QED) is 0.283. The summed E-state index contributed by atoms with van der Waals surface area (Å²) in [7, 11) is 0. The molecule has 3 rings (SSSR count). The molecule has 8 heteroatoms. The number of aliphatic hydroxyl groups excluding tert-OH is 1. The summed E-state index contributed by atoms with van der Waals surface area (Å²) < 4.78 is 11.6. The molecule has 0 aromatic heterocycles. The lowest BCUT2D eigenvalue weighted by Gasteiger charge is -2.36. The number of hydrogen-bond acceptors (Lipinski definition) is 6. The number of hydrogen-bond donors (Lipinski definition) is 1. The minimum atomic E-state index is -1.00. The van der Waals surface area contributed by atoms with Crippen molar-refractivity contribution in [3.8, 4) is 0 Å². The molecule has 2 unspecified atom stereocenters. The highest BCUT2D eigenvalue weighted by molar-refractivity contribution is 5.98. The Balaban J connectivity index is 1.94. The van der Waals surface area contributed by atoms with Crippen molar-refractivity contribution in [1.29, 1.82) is 0 Å². The molecule has 0 saturated carbocycles. The van der Waals surface area contributed by atoms with Crippen molar-refractivity contribution in [3.63, 3.8) is 0 Å². The summed E-state index contributed by atoms with van der Waals surface area (Å²) in [4.78, 5) is 43.3. The van der Waals surface area contributed by atoms with E-state index in [1.807, 2.05) is 0 Å². The first-order valence-corrected chi connectivity index (χ1v) is 11.6. The monoisotopic (exact) mass is 436 g/mol. The zero-order valence-corrected chi connectivity index (χ0v) is 18.8. The lowest BCUT2D eigenvalue weighted by Crippen LogP contribution is -2.56. The highest BCUT2D eigenvalue weighted by Crippen LogP contribution is 2.58. The maximum absolute atomic E-state index is 13.8. The number of ether oxygens (including phenoxy) is 2. The number of carbonyl (C=O) groups is 3. The van der Waals surface area contributed by atoms with Gasteiger partial charge >= 0.3 is 5.97 Å². The summed E-state index contributed by atoms with van der Waals surface area (Å²) in [6, 6.07) is -0.789. The summed E-state index contributed by atoms with van der Waals surface area (Å²) in [6.07, 6.45) is 5.78. The highest BCUT2D eigenvalue weighted by atomic mass is 16.6. The molecule has 3 saturated heterocycles. The number of rotatable bonds is 12. The van der Waals surface area contributed by atoms with Crippen LogP contribution in [0.1, 0.15) is 52.4 Å². The van der Waals surface area contributed by atoms with Crippen LogP contribution in [0.15, 0.2) is 12.7 Å². The number of unbranched alkanes of at least 4 members (excludes halogenated alkanes) is 2. The molecule has 5 atom stereocenters. The van der Waals surface area contributed by atoms with Crippen LogP contribution < -0.4 is 0 Å². The van der Waals surface area contributed by atoms with Gasteiger partial charge in [-0.3, -0.25) is 14.4 Å². The van der Waals surface area contributed by atoms with Gasteiger partial charge in [-0.05, 0) is 32.6 Å². The molecule has 8 nitrogen and oxygen atoms in total. The SMILES string of the molecule is C=CCN(CCCCC)C(=O)C1N(CCCO)C(=O)[C@@H]2[C@@H](C(=O)OCC)[C@H]3CCC12O3. The zero-order valence-electron chi connectivity index (χ0n) is 18.8. The highest BCUT2D eigenvalue weighted by Gasteiger charge is 2.74. The lowest BCUT2D eigenvalue weighted by atomic mass is 9.70. The average molecular weight is 437 g/mol. The van der Waals surface area contributed by atoms with Crippen LogP contribution in [0.25, 0.3) is 0 Å². The predicted molar refractivity (Wildman–Crippen MR) is 114 cm³/mol. The maximum Gasteiger partial charge on any atom is 0.312 e. The molecule has 1 spiro atoms. The summed E-state index contributed by atoms with van der Waals surface area (Å²) in [6.45, 7) is 9.02. The molecule has 0 aliphatic carbocycles. The van der Waals surface area contributed by atoms with Crippen molar-refractivity contribution in [2.75, 3.05) is 32.8 Å². The molecule has 3 aliphatic rings. The smallest absolute Gasteiger partial charge is 0.312 e. The molecule has 3 aliphatic heterocycles. The van der Waals surface area contributed by atoms with Crippen molar-refractivity contribution in [3.05, 3.63) is 12.7 Å². The molecule has 0 aromatic carbocycles. The van der Waals surface area contributed by atoms with Gasteiger partial charge in [-0.1, -0.05) is 25.8 Å². The normalized spacial score (nSPS) is 31.1. The van der Waals surface area contributed by atoms with Crippen molar-refractivity contribution in [2.45, 2.75) is 70.1 Å². The van der Waals surface area contributed by atoms with Crippen molar-refractivity contribution in [1.82, 2.24) is 9.80 Å². The third kappa shape index (κ3) is 4.12. The Morgan fingerprint density at radius 2 is 2.13 bits per heavy atom. The Hall–Kier alpha value is -1.93. The molecule has 2 amide bonds. The van der Waals surface area contributed by atoms with Crippen LogP contribution in [0.5, 0.6) is 0 Å². The molecule has 1 N–H and O–H groups in total. The van der Waals surface area contributed by atoms with Gasteiger partial charge in [0.1, 0.15) is 11.6 Å². The molecule has 0 aromatic rings. The number of carbonyl (C=O) groups excluding carboxylic acids is 3. The maximum atomic E-state index is 13.8. The third-order valence-electron chi connectivity index (χ3n) is 6.84. The molecule has 174 valence electrons. The van der Waals surface area contributed by atoms with Gasteiger partial charge in [-0.2, -0.15) is 0 Å². The lowest BCUT2D eigenvalue weighted by molar-refractivity contribution is -0.155. The third-order valence-corrected chi connectivity index (χ3v) is 6.84. The number of amides is 2. The number of likely N-dealkylation sites (tertiary alicyclic amines) is 1. The Kier molecular flexibility index (Phi) is 7.75. The van der Waals surface area contributed by atoms with Crippen LogP contribution >= 0.6 is 0 Å². The molecule has 31 heavy (non-hydrogen) atoms. The topological polar surface area (TPSA) is 96.4 Å². The van der Waals surface area contributed by atoms with Gasteiger partial charge in [0.05, 0.1) is 24.5 Å². The Labute approximate surface area is 184 Å². The largest absolute Gasteiger partial charge is 0.466 e. The fraction of sp³-hybridized carbons (Fsp3) is 0.783. The first-order valence-electron chi connectivity index (χ1n) is 11.6. The average Bonchev–Trinajstić information content (AvgIpc) is 3.39. The predicted octanol–water partition coefficient (Wildman–Crippen LogP) is 1.51. The van der Waals surface area contributed by atoms with Gasteiger partial charge in [0.2, 0.25) is 11.8 Å². The van der Waals surface area contributed by atoms with E-state index < -0.39 is 35.6 Å². The van der Waals surface area contributed by atoms with E-state index in [2.05, 4.69) is 13.5 Å². The van der Waals surface area contributed by atoms with E-state index in [-0.39, 0.29) is 31.6 Å². The van der Waals surface area contributed by atoms with Crippen molar-refractivity contribution >= 4 is 17.8 Å². The van der Waals surface area contributed by atoms with Crippen LogP contribution in [0, 0.1) is 11.8 Å². The standard InChI is InChI=1S/C23H36N2O6/c1-4-7-8-13-24(12-5-2)21(28)19-23-11-10-16(31-23)17(22(29)30-6-3)18(23)20(27)25(19)14-9-15-26/h5,16-19,26H,2,4,6-15H2,1,3H3/t16-,17+,18+,19?,23?/m1/s1. The van der Waals surface area contributed by atoms with Crippen LogP contribution in [0.2, 0.25) is 0 Å². The summed E-state index contributed by atoms with van der Waals surface area (Å²) in [5.74, 6) is -2.20. The molecule has 2 bridgehead atoms. The summed E-state index contributed by atoms with van der Waals surface area (Å²) in [5.41, 5.74) is -1.00. The summed E-state index contributed by atoms with van der Waals surface area (Å²) >= 11 is 0. The fourth-order valence-electron chi connectivity index (χ4n) is 5.59. The molecular weight excluding hydrogens is 400 g/mol. The zero-order chi connectivity index (χ0) is 22.6. The van der Waals surface area contributed by atoms with E-state index in [1.54, 1.807) is 22.8 Å². The van der Waals surface area contributed by atoms with E-state index in [0.29, 0.717) is 32.4 Å². The van der Waals surface area contributed by atoms with E-state index >= 15 is 0 Å². The molecule has 0 radical (unpaired) electrons. The molecule has 3 heterocycles. The van der Waals surface area contributed by atoms with E-state index in [0.717, 1.165) is 19.3 Å². The minimum Gasteiger partial charge on any atom is -0.466 e. The van der Waals surface area contributed by atoms with Gasteiger partial charge in [-0.15, -0.1) is 6.58 Å². The summed E-state index contributed by atoms with van der Waals surface area (Å²) in [5, 5.41) is 9.37. The Morgan fingerprint density at radius 3 is 2.77 bits per heavy atom. The van der Waals surface area contributed by atoms with Crippen LogP contribution in [-0.4, -0.2) is 83.3 Å². The van der Waals surface area contributed by atoms with E-state index in [4.69, 9.17) is 9.47 Å². The second kappa shape index (κ2) is 10.1. The van der Waals surface area contributed by atoms with E-state index in [9.17, 15) is 19.5 Å². The van der Waals surface area contributed by atoms with Crippen LogP contribution in [-0.2, 0) is 23.9 Å². The Bertz CT molecular complexity index is 698. The van der Waals surface area contributed by atoms with Gasteiger partial charge in [0.15, 0.2) is 0 Å². The first-order chi connectivity index (χ1) is 15.0. The second-order valence-electron chi connectivity index (χ2n) is 8.70. The number of fused-ring (bicyclic) bond motifs is 1. The first kappa shape index (κ1) is 23.7. The van der Waals surface area contributed by atoms with Gasteiger partial charge in [0, 0.05) is 26.2 Å². The van der Waals surface area contributed by atoms with Crippen molar-refractivity contribution < 1.29 is 29.0 Å². The van der Waals surface area contributed by atoms with Crippen molar-refractivity contribution in [2.24, 2.45) is 11.8 Å². The van der Waals surface area contributed by atoms with Gasteiger partial charge in [-0.25, -0.2) is 0 Å². The Morgan fingerprint density at radius 1 is 1.35 bits per heavy atom. The number of nitrogens with zero attached hydrogens (tertiary/aromatic N) is 2. The number of aliphatic hydroxyl groups is 1. The molecular formula is C23H36N2O6. The number of esters is 1. The minimum absolute atomic E-state index is 0.0833. The second-order valence-corrected chi connectivity index (χ2v) is 8.70. The van der Waals surface area contributed by atoms with E-state index in [1.165, 1.54) is 0 Å². The van der Waals surface area contributed by atoms with Crippen LogP contribution in [0.4, 0.5) is 0 Å².